The topological polar surface area (TPSA) is 76.3 Å². The summed E-state index contributed by atoms with van der Waals surface area (Å²) >= 11 is 3.22. The molecule has 0 atom stereocenters. The molecule has 21 heavy (non-hydrogen) atoms. The molecule has 2 rings (SSSR count). The second-order valence-corrected chi connectivity index (χ2v) is 7.65. The molecule has 0 radical (unpaired) electrons. The number of benzene rings is 1. The highest BCUT2D eigenvalue weighted by Gasteiger charge is 2.24. The molecule has 0 unspecified atom stereocenters. The summed E-state index contributed by atoms with van der Waals surface area (Å²) in [5.74, 6) is -0.00478. The maximum atomic E-state index is 12.6. The zero-order valence-electron chi connectivity index (χ0n) is 11.7. The molecule has 7 heteroatoms. The van der Waals surface area contributed by atoms with E-state index in [1.807, 2.05) is 31.2 Å². The molecule has 2 N–H and O–H groups in total. The number of aryl methyl sites for hydroxylation is 1. The lowest BCUT2D eigenvalue weighted by Gasteiger charge is -2.19. The van der Waals surface area contributed by atoms with E-state index in [0.29, 0.717) is 4.47 Å². The van der Waals surface area contributed by atoms with Gasteiger partial charge in [-0.05, 0) is 40.0 Å². The zero-order chi connectivity index (χ0) is 15.6. The number of hydrogen-bond acceptors (Lipinski definition) is 4. The highest BCUT2D eigenvalue weighted by molar-refractivity contribution is 9.10. The van der Waals surface area contributed by atoms with Gasteiger partial charge in [0.05, 0.1) is 0 Å². The zero-order valence-corrected chi connectivity index (χ0v) is 14.1. The van der Waals surface area contributed by atoms with Crippen LogP contribution >= 0.6 is 15.9 Å². The molecule has 0 saturated carbocycles. The van der Waals surface area contributed by atoms with Gasteiger partial charge in [-0.3, -0.25) is 0 Å². The lowest BCUT2D eigenvalue weighted by Crippen LogP contribution is -2.27. The van der Waals surface area contributed by atoms with E-state index in [2.05, 4.69) is 20.9 Å². The number of halogens is 1. The molecule has 0 saturated heterocycles. The van der Waals surface area contributed by atoms with Gasteiger partial charge in [0.15, 0.2) is 0 Å². The van der Waals surface area contributed by atoms with Gasteiger partial charge in [-0.15, -0.1) is 0 Å². The summed E-state index contributed by atoms with van der Waals surface area (Å²) in [7, 11) is -2.16. The third-order valence-electron chi connectivity index (χ3n) is 3.19. The van der Waals surface area contributed by atoms with Crippen LogP contribution in [0.25, 0.3) is 0 Å². The minimum atomic E-state index is -3.69. The molecule has 1 aromatic heterocycles. The molecule has 1 aromatic carbocycles. The van der Waals surface area contributed by atoms with Crippen LogP contribution < -0.4 is 5.73 Å². The maximum absolute atomic E-state index is 12.6. The summed E-state index contributed by atoms with van der Waals surface area (Å²) < 4.78 is 27.1. The Morgan fingerprint density at radius 1 is 1.33 bits per heavy atom. The van der Waals surface area contributed by atoms with Crippen LogP contribution in [0.5, 0.6) is 0 Å². The normalized spacial score (nSPS) is 11.8. The van der Waals surface area contributed by atoms with Crippen LogP contribution in [0.1, 0.15) is 11.1 Å². The molecule has 0 aliphatic carbocycles. The van der Waals surface area contributed by atoms with Crippen LogP contribution in [0.15, 0.2) is 45.9 Å². The molecule has 0 spiro atoms. The molecule has 1 heterocycles. The van der Waals surface area contributed by atoms with Gasteiger partial charge >= 0.3 is 0 Å². The Bertz CT molecular complexity index is 763. The molecular formula is C14H16BrN3O2S. The van der Waals surface area contributed by atoms with Crippen molar-refractivity contribution in [3.8, 4) is 0 Å². The summed E-state index contributed by atoms with van der Waals surface area (Å²) in [6.07, 6.45) is 1.47. The average Bonchev–Trinajstić information content (AvgIpc) is 2.43. The molecule has 0 fully saturated rings. The van der Waals surface area contributed by atoms with Crippen molar-refractivity contribution < 1.29 is 8.42 Å². The number of aromatic nitrogens is 1. The van der Waals surface area contributed by atoms with Gasteiger partial charge in [-0.25, -0.2) is 13.4 Å². The number of nitrogens with two attached hydrogens (primary N) is 1. The van der Waals surface area contributed by atoms with Crippen molar-refractivity contribution in [2.75, 3.05) is 12.8 Å². The van der Waals surface area contributed by atoms with Crippen molar-refractivity contribution in [1.29, 1.82) is 0 Å². The predicted molar refractivity (Wildman–Crippen MR) is 86.2 cm³/mol. The first-order valence-electron chi connectivity index (χ1n) is 6.24. The fraction of sp³-hybridized carbons (Fsp3) is 0.214. The van der Waals surface area contributed by atoms with E-state index >= 15 is 0 Å². The van der Waals surface area contributed by atoms with Gasteiger partial charge < -0.3 is 5.73 Å². The number of anilines is 1. The molecule has 0 amide bonds. The van der Waals surface area contributed by atoms with Crippen molar-refractivity contribution in [2.45, 2.75) is 18.4 Å². The number of rotatable bonds is 4. The number of pyridine rings is 1. The van der Waals surface area contributed by atoms with Gasteiger partial charge in [-0.1, -0.05) is 24.3 Å². The molecule has 2 aromatic rings. The average molecular weight is 370 g/mol. The summed E-state index contributed by atoms with van der Waals surface area (Å²) in [5.41, 5.74) is 7.69. The fourth-order valence-electron chi connectivity index (χ4n) is 1.92. The predicted octanol–water partition coefficient (Wildman–Crippen LogP) is 2.56. The Kier molecular flexibility index (Phi) is 4.65. The van der Waals surface area contributed by atoms with Crippen LogP contribution in [-0.4, -0.2) is 24.8 Å². The lowest BCUT2D eigenvalue weighted by molar-refractivity contribution is 0.466. The van der Waals surface area contributed by atoms with Crippen molar-refractivity contribution >= 4 is 31.8 Å². The van der Waals surface area contributed by atoms with Crippen LogP contribution in [0.4, 0.5) is 5.82 Å². The number of sulfonamides is 1. The Morgan fingerprint density at radius 3 is 2.67 bits per heavy atom. The Labute approximate surface area is 133 Å². The van der Waals surface area contributed by atoms with Crippen molar-refractivity contribution in [1.82, 2.24) is 9.29 Å². The number of hydrogen-bond donors (Lipinski definition) is 1. The van der Waals surface area contributed by atoms with Crippen LogP contribution in [0.2, 0.25) is 0 Å². The largest absolute Gasteiger partial charge is 0.383 e. The third-order valence-corrected chi connectivity index (χ3v) is 5.46. The van der Waals surface area contributed by atoms with Crippen LogP contribution in [0, 0.1) is 6.92 Å². The van der Waals surface area contributed by atoms with E-state index in [-0.39, 0.29) is 17.3 Å². The monoisotopic (exact) mass is 369 g/mol. The summed E-state index contributed by atoms with van der Waals surface area (Å²) in [6, 6.07) is 9.13. The summed E-state index contributed by atoms with van der Waals surface area (Å²) in [5, 5.41) is 0. The van der Waals surface area contributed by atoms with Gasteiger partial charge in [0.25, 0.3) is 0 Å². The third kappa shape index (κ3) is 3.42. The standard InChI is InChI=1S/C14H16BrN3O2S/c1-10-5-3-4-6-11(10)9-18(2)21(19,20)13-7-12(15)8-17-14(13)16/h3-8H,9H2,1-2H3,(H2,16,17). The molecule has 0 aliphatic heterocycles. The quantitative estimate of drug-likeness (QED) is 0.898. The molecule has 0 bridgehead atoms. The highest BCUT2D eigenvalue weighted by Crippen LogP contribution is 2.24. The molecule has 112 valence electrons. The minimum absolute atomic E-state index is 0.00478. The first-order chi connectivity index (χ1) is 9.82. The van der Waals surface area contributed by atoms with E-state index in [1.54, 1.807) is 0 Å². The van der Waals surface area contributed by atoms with E-state index in [4.69, 9.17) is 5.73 Å². The van der Waals surface area contributed by atoms with Crippen molar-refractivity contribution in [2.24, 2.45) is 0 Å². The molecule has 5 nitrogen and oxygen atoms in total. The fourth-order valence-corrected chi connectivity index (χ4v) is 3.64. The second kappa shape index (κ2) is 6.13. The first-order valence-corrected chi connectivity index (χ1v) is 8.47. The van der Waals surface area contributed by atoms with Gasteiger partial charge in [0.1, 0.15) is 10.7 Å². The Balaban J connectivity index is 2.35. The van der Waals surface area contributed by atoms with Gasteiger partial charge in [0.2, 0.25) is 10.0 Å². The Morgan fingerprint density at radius 2 is 2.00 bits per heavy atom. The van der Waals surface area contributed by atoms with Crippen LogP contribution in [-0.2, 0) is 16.6 Å². The van der Waals surface area contributed by atoms with E-state index in [9.17, 15) is 8.42 Å². The lowest BCUT2D eigenvalue weighted by atomic mass is 10.1. The SMILES string of the molecule is Cc1ccccc1CN(C)S(=O)(=O)c1cc(Br)cnc1N. The second-order valence-electron chi connectivity index (χ2n) is 4.72. The first kappa shape index (κ1) is 15.9. The highest BCUT2D eigenvalue weighted by atomic mass is 79.9. The van der Waals surface area contributed by atoms with Crippen LogP contribution in [0.3, 0.4) is 0 Å². The van der Waals surface area contributed by atoms with Gasteiger partial charge in [0, 0.05) is 24.3 Å². The minimum Gasteiger partial charge on any atom is -0.383 e. The van der Waals surface area contributed by atoms with Crippen molar-refractivity contribution in [3.05, 3.63) is 52.1 Å². The Hall–Kier alpha value is -1.44. The van der Waals surface area contributed by atoms with Crippen molar-refractivity contribution in [3.63, 3.8) is 0 Å². The molecule has 0 aliphatic rings. The van der Waals surface area contributed by atoms with E-state index in [0.717, 1.165) is 11.1 Å². The number of nitrogens with zero attached hydrogens (tertiary/aromatic N) is 2. The van der Waals surface area contributed by atoms with E-state index < -0.39 is 10.0 Å². The van der Waals surface area contributed by atoms with Gasteiger partial charge in [-0.2, -0.15) is 4.31 Å². The van der Waals surface area contributed by atoms with E-state index in [1.165, 1.54) is 23.6 Å². The summed E-state index contributed by atoms with van der Waals surface area (Å²) in [4.78, 5) is 3.88. The molecular weight excluding hydrogens is 354 g/mol. The maximum Gasteiger partial charge on any atom is 0.246 e. The smallest absolute Gasteiger partial charge is 0.246 e. The summed E-state index contributed by atoms with van der Waals surface area (Å²) in [6.45, 7) is 2.23. The number of nitrogen functional groups attached to an aromatic ring is 1.